The number of fused-ring (bicyclic) bond motifs is 1. The number of anilines is 1. The topological polar surface area (TPSA) is 113 Å². The molecule has 2 heterocycles. The van der Waals surface area contributed by atoms with Crippen molar-refractivity contribution in [2.24, 2.45) is 16.6 Å². The lowest BCUT2D eigenvalue weighted by atomic mass is 9.65. The fourth-order valence-electron chi connectivity index (χ4n) is 3.85. The fraction of sp³-hybridized carbons (Fsp3) is 0.300. The largest absolute Gasteiger partial charge is 0.462 e. The van der Waals surface area contributed by atoms with E-state index in [1.807, 2.05) is 6.07 Å². The van der Waals surface area contributed by atoms with Gasteiger partial charge in [-0.3, -0.25) is 4.79 Å². The van der Waals surface area contributed by atoms with E-state index in [1.54, 1.807) is 0 Å². The zero-order valence-electron chi connectivity index (χ0n) is 15.5. The van der Waals surface area contributed by atoms with Gasteiger partial charge in [-0.2, -0.15) is 5.26 Å². The molecular formula is C20H16F3N5O2. The molecule has 7 nitrogen and oxygen atoms in total. The molecule has 0 bridgehead atoms. The van der Waals surface area contributed by atoms with E-state index < -0.39 is 41.7 Å². The maximum absolute atomic E-state index is 14.7. The third-order valence-electron chi connectivity index (χ3n) is 5.46. The van der Waals surface area contributed by atoms with Gasteiger partial charge in [0, 0.05) is 23.4 Å². The van der Waals surface area contributed by atoms with Crippen LogP contribution in [0.25, 0.3) is 0 Å². The minimum absolute atomic E-state index is 0.0100. The van der Waals surface area contributed by atoms with Crippen LogP contribution in [0.3, 0.4) is 0 Å². The Labute approximate surface area is 169 Å². The van der Waals surface area contributed by atoms with Crippen molar-refractivity contribution < 1.29 is 22.7 Å². The van der Waals surface area contributed by atoms with Crippen molar-refractivity contribution in [1.82, 2.24) is 4.98 Å². The zero-order valence-corrected chi connectivity index (χ0v) is 15.5. The van der Waals surface area contributed by atoms with E-state index in [0.717, 1.165) is 12.1 Å². The number of nitrogens with zero attached hydrogens (tertiary/aromatic N) is 3. The zero-order chi connectivity index (χ0) is 21.5. The Hall–Kier alpha value is -3.61. The van der Waals surface area contributed by atoms with E-state index in [9.17, 15) is 18.0 Å². The molecule has 2 aromatic rings. The molecule has 1 aliphatic carbocycles. The highest BCUT2D eigenvalue weighted by Crippen LogP contribution is 2.53. The first kappa shape index (κ1) is 19.7. The molecule has 0 saturated heterocycles. The molecule has 154 valence electrons. The summed E-state index contributed by atoms with van der Waals surface area (Å²) >= 11 is 0. The Morgan fingerprint density at radius 1 is 1.33 bits per heavy atom. The number of hydrogen-bond donors (Lipinski definition) is 2. The van der Waals surface area contributed by atoms with Gasteiger partial charge in [-0.05, 0) is 43.2 Å². The van der Waals surface area contributed by atoms with E-state index in [2.05, 4.69) is 15.3 Å². The molecule has 1 amide bonds. The maximum atomic E-state index is 14.7. The van der Waals surface area contributed by atoms with Crippen LogP contribution in [-0.2, 0) is 10.3 Å². The number of nitrogens with one attached hydrogen (secondary N) is 1. The van der Waals surface area contributed by atoms with Crippen molar-refractivity contribution >= 4 is 17.6 Å². The van der Waals surface area contributed by atoms with E-state index in [0.29, 0.717) is 12.8 Å². The molecule has 1 aliphatic heterocycles. The molecule has 10 heteroatoms. The van der Waals surface area contributed by atoms with E-state index in [4.69, 9.17) is 15.7 Å². The third-order valence-corrected chi connectivity index (χ3v) is 5.46. The summed E-state index contributed by atoms with van der Waals surface area (Å²) in [7, 11) is 0. The Morgan fingerprint density at radius 3 is 2.73 bits per heavy atom. The van der Waals surface area contributed by atoms with Crippen molar-refractivity contribution in [3.05, 3.63) is 59.2 Å². The quantitative estimate of drug-likeness (QED) is 0.797. The summed E-state index contributed by atoms with van der Waals surface area (Å²) in [6, 6.07) is 7.63. The Kier molecular flexibility index (Phi) is 4.81. The number of hydrogen-bond acceptors (Lipinski definition) is 6. The Morgan fingerprint density at radius 2 is 2.13 bits per heavy atom. The number of rotatable bonds is 4. The van der Waals surface area contributed by atoms with Crippen molar-refractivity contribution in [2.45, 2.75) is 30.9 Å². The van der Waals surface area contributed by atoms with Crippen LogP contribution < -0.4 is 11.1 Å². The van der Waals surface area contributed by atoms with Crippen LogP contribution >= 0.6 is 0 Å². The van der Waals surface area contributed by atoms with Crippen molar-refractivity contribution in [3.63, 3.8) is 0 Å². The maximum Gasteiger partial charge on any atom is 0.283 e. The number of carbonyl (C=O) groups is 1. The van der Waals surface area contributed by atoms with Crippen molar-refractivity contribution in [1.29, 1.82) is 5.26 Å². The summed E-state index contributed by atoms with van der Waals surface area (Å²) in [5.74, 6) is -2.25. The number of carbonyl (C=O) groups excluding carboxylic acids is 1. The number of nitrogens with two attached hydrogens (primary N) is 1. The van der Waals surface area contributed by atoms with Crippen LogP contribution in [0.5, 0.6) is 0 Å². The van der Waals surface area contributed by atoms with Gasteiger partial charge in [-0.1, -0.05) is 0 Å². The van der Waals surface area contributed by atoms with Gasteiger partial charge >= 0.3 is 0 Å². The number of nitriles is 1. The second-order valence-electron chi connectivity index (χ2n) is 7.11. The van der Waals surface area contributed by atoms with Gasteiger partial charge in [0.25, 0.3) is 18.4 Å². The van der Waals surface area contributed by atoms with Gasteiger partial charge in [-0.15, -0.1) is 0 Å². The smallest absolute Gasteiger partial charge is 0.283 e. The highest BCUT2D eigenvalue weighted by molar-refractivity contribution is 6.02. The molecular weight excluding hydrogens is 399 g/mol. The summed E-state index contributed by atoms with van der Waals surface area (Å²) in [5, 5.41) is 11.3. The average Bonchev–Trinajstić information content (AvgIpc) is 2.71. The lowest BCUT2D eigenvalue weighted by molar-refractivity contribution is -0.0949. The predicted octanol–water partition coefficient (Wildman–Crippen LogP) is 2.93. The Balaban J connectivity index is 1.70. The molecule has 0 spiro atoms. The summed E-state index contributed by atoms with van der Waals surface area (Å²) in [4.78, 5) is 20.1. The van der Waals surface area contributed by atoms with Gasteiger partial charge in [-0.25, -0.2) is 23.1 Å². The van der Waals surface area contributed by atoms with Crippen LogP contribution in [0.15, 0.2) is 41.5 Å². The molecule has 30 heavy (non-hydrogen) atoms. The lowest BCUT2D eigenvalue weighted by Crippen LogP contribution is -2.57. The fourth-order valence-corrected chi connectivity index (χ4v) is 3.85. The summed E-state index contributed by atoms with van der Waals surface area (Å²) < 4.78 is 48.6. The minimum Gasteiger partial charge on any atom is -0.462 e. The van der Waals surface area contributed by atoms with Gasteiger partial charge in [0.05, 0.1) is 5.56 Å². The monoisotopic (exact) mass is 415 g/mol. The Bertz CT molecular complexity index is 1070. The highest BCUT2D eigenvalue weighted by Gasteiger charge is 2.59. The molecule has 1 aromatic heterocycles. The number of aliphatic imine (C=N–C) groups is 1. The lowest BCUT2D eigenvalue weighted by Gasteiger charge is -2.50. The first-order chi connectivity index (χ1) is 14.3. The molecule has 4 rings (SSSR count). The van der Waals surface area contributed by atoms with E-state index in [1.165, 1.54) is 24.4 Å². The van der Waals surface area contributed by atoms with Crippen LogP contribution in [0.1, 0.15) is 34.5 Å². The van der Waals surface area contributed by atoms with Crippen molar-refractivity contribution in [2.75, 3.05) is 5.32 Å². The number of alkyl halides is 2. The van der Waals surface area contributed by atoms with E-state index >= 15 is 0 Å². The number of amidine groups is 1. The molecule has 3 atom stereocenters. The number of benzene rings is 1. The second kappa shape index (κ2) is 7.33. The standard InChI is InChI=1S/C20H16F3N5O2/c21-14-4-2-11(27-17(29)15-5-1-10(8-24)9-26-15)7-13(14)20(18(22)23)12-3-6-16(12)30-19(25)28-20/h1-2,4-5,7,9,12,16,18H,3,6H2,(H2,25,28)(H,27,29). The minimum atomic E-state index is -3.03. The predicted molar refractivity (Wildman–Crippen MR) is 100 cm³/mol. The third kappa shape index (κ3) is 3.12. The number of amides is 1. The molecule has 2 aliphatic rings. The molecule has 1 aromatic carbocycles. The molecule has 1 saturated carbocycles. The molecule has 3 N–H and O–H groups in total. The van der Waals surface area contributed by atoms with E-state index in [-0.39, 0.29) is 22.5 Å². The van der Waals surface area contributed by atoms with Crippen LogP contribution in [0.2, 0.25) is 0 Å². The van der Waals surface area contributed by atoms with Gasteiger partial charge < -0.3 is 15.8 Å². The number of halogens is 3. The average molecular weight is 415 g/mol. The van der Waals surface area contributed by atoms with Crippen molar-refractivity contribution in [3.8, 4) is 6.07 Å². The summed E-state index contributed by atoms with van der Waals surface area (Å²) in [6.45, 7) is 0. The first-order valence-electron chi connectivity index (χ1n) is 9.13. The first-order valence-corrected chi connectivity index (χ1v) is 9.13. The highest BCUT2D eigenvalue weighted by atomic mass is 19.3. The normalized spacial score (nSPS) is 24.7. The van der Waals surface area contributed by atoms with Gasteiger partial charge in [0.2, 0.25) is 0 Å². The summed E-state index contributed by atoms with van der Waals surface area (Å²) in [5.41, 5.74) is 3.45. The van der Waals surface area contributed by atoms with Crippen LogP contribution in [-0.4, -0.2) is 29.4 Å². The van der Waals surface area contributed by atoms with Crippen LogP contribution in [0.4, 0.5) is 18.9 Å². The number of pyridine rings is 1. The second-order valence-corrected chi connectivity index (χ2v) is 7.11. The summed E-state index contributed by atoms with van der Waals surface area (Å²) in [6.07, 6.45) is -1.45. The molecule has 3 unspecified atom stereocenters. The number of ether oxygens (including phenoxy) is 1. The molecule has 0 radical (unpaired) electrons. The van der Waals surface area contributed by atoms with Crippen LogP contribution in [0, 0.1) is 23.1 Å². The van der Waals surface area contributed by atoms with Gasteiger partial charge in [0.15, 0.2) is 5.54 Å². The SMILES string of the molecule is N#Cc1ccc(C(=O)Nc2ccc(F)c(C3(C(F)F)N=C(N)OC4CCC43)c2)nc1. The molecule has 1 fully saturated rings. The van der Waals surface area contributed by atoms with Gasteiger partial charge in [0.1, 0.15) is 23.7 Å². The number of aromatic nitrogens is 1.